The van der Waals surface area contributed by atoms with Gasteiger partial charge in [-0.1, -0.05) is 35.8 Å². The molecular formula is C14H20Br2O. The van der Waals surface area contributed by atoms with Crippen molar-refractivity contribution >= 4 is 31.9 Å². The highest BCUT2D eigenvalue weighted by Gasteiger charge is 2.25. The molecule has 0 saturated carbocycles. The topological polar surface area (TPSA) is 9.23 Å². The first kappa shape index (κ1) is 15.0. The third-order valence-electron chi connectivity index (χ3n) is 3.58. The average Bonchev–Trinajstić information content (AvgIpc) is 2.36. The molecule has 0 amide bonds. The zero-order valence-corrected chi connectivity index (χ0v) is 13.9. The van der Waals surface area contributed by atoms with E-state index in [1.54, 1.807) is 7.11 Å². The van der Waals surface area contributed by atoms with Gasteiger partial charge in [-0.2, -0.15) is 0 Å². The third kappa shape index (κ3) is 3.72. The maximum absolute atomic E-state index is 5.25. The van der Waals surface area contributed by atoms with Gasteiger partial charge in [-0.3, -0.25) is 0 Å². The van der Waals surface area contributed by atoms with Crippen LogP contribution in [0.15, 0.2) is 22.7 Å². The summed E-state index contributed by atoms with van der Waals surface area (Å²) in [5.74, 6) is 0.895. The molecule has 0 aromatic heterocycles. The van der Waals surface area contributed by atoms with Gasteiger partial charge >= 0.3 is 0 Å². The minimum Gasteiger partial charge on any atom is -0.496 e. The second-order valence-electron chi connectivity index (χ2n) is 4.49. The van der Waals surface area contributed by atoms with E-state index in [2.05, 4.69) is 57.8 Å². The van der Waals surface area contributed by atoms with Crippen LogP contribution in [0.1, 0.15) is 32.3 Å². The Morgan fingerprint density at radius 2 is 1.88 bits per heavy atom. The normalized spacial score (nSPS) is 11.6. The monoisotopic (exact) mass is 362 g/mol. The highest BCUT2D eigenvalue weighted by molar-refractivity contribution is 9.10. The molecule has 0 aliphatic carbocycles. The Morgan fingerprint density at radius 3 is 2.29 bits per heavy atom. The summed E-state index contributed by atoms with van der Waals surface area (Å²) in [6.45, 7) is 4.53. The lowest BCUT2D eigenvalue weighted by molar-refractivity contribution is 0.307. The molecule has 1 rings (SSSR count). The van der Waals surface area contributed by atoms with Crippen LogP contribution in [-0.4, -0.2) is 12.4 Å². The Hall–Kier alpha value is -0.0200. The van der Waals surface area contributed by atoms with Crippen molar-refractivity contribution in [3.8, 4) is 5.75 Å². The van der Waals surface area contributed by atoms with Gasteiger partial charge in [-0.15, -0.1) is 0 Å². The molecule has 0 saturated heterocycles. The molecule has 0 radical (unpaired) electrons. The number of methoxy groups -OCH3 is 1. The molecular weight excluding hydrogens is 344 g/mol. The van der Waals surface area contributed by atoms with Crippen molar-refractivity contribution in [2.45, 2.75) is 33.1 Å². The quantitative estimate of drug-likeness (QED) is 0.631. The number of hydrogen-bond donors (Lipinski definition) is 0. The van der Waals surface area contributed by atoms with Crippen LogP contribution >= 0.6 is 31.9 Å². The first-order valence-corrected chi connectivity index (χ1v) is 7.90. The number of hydrogen-bond acceptors (Lipinski definition) is 1. The smallest absolute Gasteiger partial charge is 0.133 e. The molecule has 1 aromatic carbocycles. The Balaban J connectivity index is 2.90. The van der Waals surface area contributed by atoms with Gasteiger partial charge in [0.25, 0.3) is 0 Å². The first-order chi connectivity index (χ1) is 8.10. The Morgan fingerprint density at radius 1 is 1.24 bits per heavy atom. The van der Waals surface area contributed by atoms with Crippen molar-refractivity contribution in [2.24, 2.45) is 5.41 Å². The average molecular weight is 364 g/mol. The molecule has 0 atom stereocenters. The van der Waals surface area contributed by atoms with Gasteiger partial charge in [0.15, 0.2) is 0 Å². The van der Waals surface area contributed by atoms with Crippen LogP contribution in [0, 0.1) is 5.41 Å². The molecule has 1 nitrogen and oxygen atoms in total. The van der Waals surface area contributed by atoms with E-state index in [9.17, 15) is 0 Å². The standard InChI is InChI=1S/C14H20Br2O/c1-4-14(5-2,10-15)9-11-6-7-13(17-3)12(16)8-11/h6-8H,4-5,9-10H2,1-3H3. The third-order valence-corrected chi connectivity index (χ3v) is 5.39. The number of ether oxygens (including phenoxy) is 1. The van der Waals surface area contributed by atoms with Crippen LogP contribution in [0.5, 0.6) is 5.75 Å². The van der Waals surface area contributed by atoms with Crippen molar-refractivity contribution in [3.63, 3.8) is 0 Å². The zero-order valence-electron chi connectivity index (χ0n) is 10.7. The lowest BCUT2D eigenvalue weighted by Gasteiger charge is -2.29. The van der Waals surface area contributed by atoms with Gasteiger partial charge < -0.3 is 4.74 Å². The van der Waals surface area contributed by atoms with E-state index >= 15 is 0 Å². The summed E-state index contributed by atoms with van der Waals surface area (Å²) in [5.41, 5.74) is 1.73. The van der Waals surface area contributed by atoms with Gasteiger partial charge in [-0.05, 0) is 58.3 Å². The zero-order chi connectivity index (χ0) is 12.9. The fourth-order valence-corrected chi connectivity index (χ4v) is 3.57. The van der Waals surface area contributed by atoms with Crippen LogP contribution in [0.3, 0.4) is 0 Å². The minimum absolute atomic E-state index is 0.369. The van der Waals surface area contributed by atoms with Gasteiger partial charge in [0.05, 0.1) is 11.6 Å². The predicted molar refractivity (Wildman–Crippen MR) is 81.2 cm³/mol. The minimum atomic E-state index is 0.369. The van der Waals surface area contributed by atoms with Crippen molar-refractivity contribution in [3.05, 3.63) is 28.2 Å². The highest BCUT2D eigenvalue weighted by Crippen LogP contribution is 2.35. The molecule has 0 N–H and O–H groups in total. The van der Waals surface area contributed by atoms with E-state index in [4.69, 9.17) is 4.74 Å². The molecule has 0 heterocycles. The summed E-state index contributed by atoms with van der Waals surface area (Å²) < 4.78 is 6.29. The molecule has 3 heteroatoms. The number of halogens is 2. The Kier molecular flexibility index (Phi) is 6.01. The lowest BCUT2D eigenvalue weighted by Crippen LogP contribution is -2.23. The molecule has 17 heavy (non-hydrogen) atoms. The SMILES string of the molecule is CCC(CC)(CBr)Cc1ccc(OC)c(Br)c1. The molecule has 96 valence electrons. The molecule has 0 bridgehead atoms. The van der Waals surface area contributed by atoms with Crippen LogP contribution in [0.2, 0.25) is 0 Å². The molecule has 0 aliphatic rings. The summed E-state index contributed by atoms with van der Waals surface area (Å²) in [6, 6.07) is 6.36. The van der Waals surface area contributed by atoms with Crippen molar-refractivity contribution in [2.75, 3.05) is 12.4 Å². The molecule has 1 aromatic rings. The molecule has 0 spiro atoms. The molecule has 0 aliphatic heterocycles. The Bertz CT molecular complexity index is 351. The van der Waals surface area contributed by atoms with Crippen LogP contribution in [0.25, 0.3) is 0 Å². The fraction of sp³-hybridized carbons (Fsp3) is 0.571. The van der Waals surface area contributed by atoms with Crippen LogP contribution in [0.4, 0.5) is 0 Å². The van der Waals surface area contributed by atoms with Gasteiger partial charge in [0.2, 0.25) is 0 Å². The summed E-state index contributed by atoms with van der Waals surface area (Å²) in [7, 11) is 1.70. The first-order valence-electron chi connectivity index (χ1n) is 5.99. The number of benzene rings is 1. The molecule has 0 fully saturated rings. The van der Waals surface area contributed by atoms with E-state index in [0.29, 0.717) is 5.41 Å². The maximum Gasteiger partial charge on any atom is 0.133 e. The number of alkyl halides is 1. The summed E-state index contributed by atoms with van der Waals surface area (Å²) in [6.07, 6.45) is 3.49. The highest BCUT2D eigenvalue weighted by atomic mass is 79.9. The summed E-state index contributed by atoms with van der Waals surface area (Å²) >= 11 is 7.21. The van der Waals surface area contributed by atoms with Crippen molar-refractivity contribution in [1.29, 1.82) is 0 Å². The van der Waals surface area contributed by atoms with Crippen LogP contribution < -0.4 is 4.74 Å². The molecule has 0 unspecified atom stereocenters. The van der Waals surface area contributed by atoms with E-state index in [-0.39, 0.29) is 0 Å². The van der Waals surface area contributed by atoms with E-state index in [1.165, 1.54) is 18.4 Å². The van der Waals surface area contributed by atoms with Gasteiger partial charge in [0.1, 0.15) is 5.75 Å². The van der Waals surface area contributed by atoms with E-state index in [0.717, 1.165) is 22.0 Å². The largest absolute Gasteiger partial charge is 0.496 e. The lowest BCUT2D eigenvalue weighted by atomic mass is 9.79. The second-order valence-corrected chi connectivity index (χ2v) is 5.90. The second kappa shape index (κ2) is 6.79. The fourth-order valence-electron chi connectivity index (χ4n) is 1.99. The summed E-state index contributed by atoms with van der Waals surface area (Å²) in [5, 5.41) is 1.05. The van der Waals surface area contributed by atoms with Gasteiger partial charge in [-0.25, -0.2) is 0 Å². The van der Waals surface area contributed by atoms with Crippen molar-refractivity contribution < 1.29 is 4.74 Å². The maximum atomic E-state index is 5.25. The number of rotatable bonds is 6. The summed E-state index contributed by atoms with van der Waals surface area (Å²) in [4.78, 5) is 0. The van der Waals surface area contributed by atoms with Gasteiger partial charge in [0, 0.05) is 5.33 Å². The predicted octanol–water partition coefficient (Wildman–Crippen LogP) is 5.20. The Labute approximate surface area is 121 Å². The van der Waals surface area contributed by atoms with Crippen LogP contribution in [-0.2, 0) is 6.42 Å². The van der Waals surface area contributed by atoms with E-state index in [1.807, 2.05) is 6.07 Å². The van der Waals surface area contributed by atoms with E-state index < -0.39 is 0 Å². The van der Waals surface area contributed by atoms with Crippen molar-refractivity contribution in [1.82, 2.24) is 0 Å².